The van der Waals surface area contributed by atoms with Gasteiger partial charge in [0.1, 0.15) is 0 Å². The molecule has 0 unspecified atom stereocenters. The average Bonchev–Trinajstić information content (AvgIpc) is 3.00. The van der Waals surface area contributed by atoms with Gasteiger partial charge in [0.25, 0.3) is 0 Å². The molecule has 0 saturated heterocycles. The zero-order valence-electron chi connectivity index (χ0n) is 14.3. The summed E-state index contributed by atoms with van der Waals surface area (Å²) in [7, 11) is 0. The summed E-state index contributed by atoms with van der Waals surface area (Å²) in [6.07, 6.45) is 0.589. The third-order valence-electron chi connectivity index (χ3n) is 4.51. The first kappa shape index (κ1) is 17.3. The summed E-state index contributed by atoms with van der Waals surface area (Å²) in [6, 6.07) is 18.0. The highest BCUT2D eigenvalue weighted by Crippen LogP contribution is 2.30. The van der Waals surface area contributed by atoms with Crippen LogP contribution < -0.4 is 0 Å². The van der Waals surface area contributed by atoms with E-state index in [9.17, 15) is 4.79 Å². The molecule has 0 atom stereocenters. The molecule has 25 heavy (non-hydrogen) atoms. The first-order valence-electron chi connectivity index (χ1n) is 8.22. The Morgan fingerprint density at radius 3 is 2.44 bits per heavy atom. The molecule has 2 aromatic carbocycles. The minimum atomic E-state index is -0.790. The van der Waals surface area contributed by atoms with Crippen molar-refractivity contribution in [2.24, 2.45) is 0 Å². The Labute approximate surface area is 152 Å². The molecule has 4 heteroatoms. The van der Waals surface area contributed by atoms with Gasteiger partial charge in [0.05, 0.1) is 12.1 Å². The van der Waals surface area contributed by atoms with Crippen LogP contribution in [0.5, 0.6) is 0 Å². The average molecular weight is 354 g/mol. The molecule has 1 N–H and O–H groups in total. The first-order chi connectivity index (χ1) is 12.0. The monoisotopic (exact) mass is 353 g/mol. The molecular weight excluding hydrogens is 334 g/mol. The molecule has 0 aliphatic heterocycles. The van der Waals surface area contributed by atoms with E-state index in [0.29, 0.717) is 11.4 Å². The van der Waals surface area contributed by atoms with Crippen LogP contribution in [0.4, 0.5) is 0 Å². The van der Waals surface area contributed by atoms with E-state index >= 15 is 0 Å². The van der Waals surface area contributed by atoms with E-state index in [1.54, 1.807) is 0 Å². The summed E-state index contributed by atoms with van der Waals surface area (Å²) in [4.78, 5) is 11.0. The molecule has 0 fully saturated rings. The number of rotatable bonds is 5. The van der Waals surface area contributed by atoms with Gasteiger partial charge in [-0.05, 0) is 67.3 Å². The van der Waals surface area contributed by atoms with Crippen LogP contribution in [0.3, 0.4) is 0 Å². The van der Waals surface area contributed by atoms with Crippen LogP contribution in [0, 0.1) is 13.8 Å². The summed E-state index contributed by atoms with van der Waals surface area (Å²) < 4.78 is 2.16. The number of aromatic nitrogens is 1. The minimum absolute atomic E-state index is 0.106. The molecule has 0 bridgehead atoms. The van der Waals surface area contributed by atoms with E-state index in [1.165, 1.54) is 11.1 Å². The number of carbonyl (C=O) groups is 1. The molecule has 1 aromatic heterocycles. The van der Waals surface area contributed by atoms with Gasteiger partial charge >= 0.3 is 5.97 Å². The number of nitrogens with zero attached hydrogens (tertiary/aromatic N) is 1. The van der Waals surface area contributed by atoms with Crippen LogP contribution in [0.2, 0.25) is 5.02 Å². The predicted octanol–water partition coefficient (Wildman–Crippen LogP) is 5.43. The third kappa shape index (κ3) is 3.62. The lowest BCUT2D eigenvalue weighted by molar-refractivity contribution is -0.136. The van der Waals surface area contributed by atoms with Crippen molar-refractivity contribution in [3.8, 4) is 16.9 Å². The number of hydrogen-bond acceptors (Lipinski definition) is 1. The standard InChI is InChI=1S/C21H20ClNO2/c1-14-4-3-5-19(15(14)2)23-18(11-13-21(24)25)10-12-20(23)16-6-8-17(22)9-7-16/h3-10,12H,11,13H2,1-2H3,(H,24,25). The van der Waals surface area contributed by atoms with Crippen LogP contribution in [-0.2, 0) is 11.2 Å². The zero-order chi connectivity index (χ0) is 18.0. The summed E-state index contributed by atoms with van der Waals surface area (Å²) in [5.74, 6) is -0.790. The second kappa shape index (κ2) is 7.16. The maximum Gasteiger partial charge on any atom is 0.303 e. The number of aryl methyl sites for hydroxylation is 2. The minimum Gasteiger partial charge on any atom is -0.481 e. The highest BCUT2D eigenvalue weighted by Gasteiger charge is 2.15. The Balaban J connectivity index is 2.17. The maximum atomic E-state index is 11.0. The highest BCUT2D eigenvalue weighted by atomic mass is 35.5. The van der Waals surface area contributed by atoms with E-state index in [0.717, 1.165) is 22.6 Å². The molecule has 128 valence electrons. The lowest BCUT2D eigenvalue weighted by Crippen LogP contribution is -2.07. The van der Waals surface area contributed by atoms with Crippen molar-refractivity contribution in [1.82, 2.24) is 4.57 Å². The Hall–Kier alpha value is -2.52. The molecule has 0 radical (unpaired) electrons. The van der Waals surface area contributed by atoms with E-state index < -0.39 is 5.97 Å². The molecule has 0 aliphatic carbocycles. The van der Waals surface area contributed by atoms with Gasteiger partial charge in [-0.2, -0.15) is 0 Å². The number of carboxylic acids is 1. The van der Waals surface area contributed by atoms with Crippen molar-refractivity contribution in [2.75, 3.05) is 0 Å². The van der Waals surface area contributed by atoms with Crippen LogP contribution >= 0.6 is 11.6 Å². The summed E-state index contributed by atoms with van der Waals surface area (Å²) >= 11 is 6.02. The van der Waals surface area contributed by atoms with Crippen LogP contribution in [-0.4, -0.2) is 15.6 Å². The number of carboxylic acid groups (broad SMARTS) is 1. The summed E-state index contributed by atoms with van der Waals surface area (Å²) in [5, 5.41) is 9.76. The van der Waals surface area contributed by atoms with Gasteiger partial charge in [0, 0.05) is 16.4 Å². The van der Waals surface area contributed by atoms with Crippen LogP contribution in [0.15, 0.2) is 54.6 Å². The molecule has 0 spiro atoms. The van der Waals surface area contributed by atoms with Crippen LogP contribution in [0.1, 0.15) is 23.2 Å². The van der Waals surface area contributed by atoms with Gasteiger partial charge < -0.3 is 9.67 Å². The van der Waals surface area contributed by atoms with E-state index in [4.69, 9.17) is 16.7 Å². The van der Waals surface area contributed by atoms with Crippen molar-refractivity contribution in [1.29, 1.82) is 0 Å². The first-order valence-corrected chi connectivity index (χ1v) is 8.60. The summed E-state index contributed by atoms with van der Waals surface area (Å²) in [6.45, 7) is 4.18. The molecular formula is C21H20ClNO2. The largest absolute Gasteiger partial charge is 0.481 e. The number of benzene rings is 2. The zero-order valence-corrected chi connectivity index (χ0v) is 15.0. The van der Waals surface area contributed by atoms with Gasteiger partial charge in [-0.3, -0.25) is 4.79 Å². The Morgan fingerprint density at radius 1 is 1.04 bits per heavy atom. The third-order valence-corrected chi connectivity index (χ3v) is 4.77. The summed E-state index contributed by atoms with van der Waals surface area (Å²) in [5.41, 5.74) is 6.54. The molecule has 1 heterocycles. The fourth-order valence-corrected chi connectivity index (χ4v) is 3.14. The van der Waals surface area contributed by atoms with Gasteiger partial charge in [0.15, 0.2) is 0 Å². The second-order valence-corrected chi connectivity index (χ2v) is 6.60. The topological polar surface area (TPSA) is 42.2 Å². The van der Waals surface area contributed by atoms with Crippen molar-refractivity contribution >= 4 is 17.6 Å². The molecule has 3 nitrogen and oxygen atoms in total. The fourth-order valence-electron chi connectivity index (χ4n) is 3.02. The van der Waals surface area contributed by atoms with Crippen molar-refractivity contribution < 1.29 is 9.90 Å². The van der Waals surface area contributed by atoms with Gasteiger partial charge in [-0.15, -0.1) is 0 Å². The molecule has 0 saturated carbocycles. The van der Waals surface area contributed by atoms with Crippen molar-refractivity contribution in [3.63, 3.8) is 0 Å². The Morgan fingerprint density at radius 2 is 1.76 bits per heavy atom. The highest BCUT2D eigenvalue weighted by molar-refractivity contribution is 6.30. The van der Waals surface area contributed by atoms with E-state index in [2.05, 4.69) is 30.5 Å². The molecule has 0 aliphatic rings. The second-order valence-electron chi connectivity index (χ2n) is 6.16. The number of aliphatic carboxylic acids is 1. The SMILES string of the molecule is Cc1cccc(-n2c(CCC(=O)O)ccc2-c2ccc(Cl)cc2)c1C. The van der Waals surface area contributed by atoms with E-state index in [-0.39, 0.29) is 6.42 Å². The van der Waals surface area contributed by atoms with Crippen molar-refractivity contribution in [3.05, 3.63) is 76.4 Å². The lowest BCUT2D eigenvalue weighted by Gasteiger charge is -2.17. The van der Waals surface area contributed by atoms with Gasteiger partial charge in [-0.1, -0.05) is 35.9 Å². The van der Waals surface area contributed by atoms with E-state index in [1.807, 2.05) is 42.5 Å². The number of hydrogen-bond donors (Lipinski definition) is 1. The normalized spacial score (nSPS) is 10.8. The Bertz CT molecular complexity index is 910. The lowest BCUT2D eigenvalue weighted by atomic mass is 10.1. The quantitative estimate of drug-likeness (QED) is 0.664. The predicted molar refractivity (Wildman–Crippen MR) is 102 cm³/mol. The fraction of sp³-hybridized carbons (Fsp3) is 0.190. The molecule has 3 rings (SSSR count). The van der Waals surface area contributed by atoms with Gasteiger partial charge in [0.2, 0.25) is 0 Å². The number of halogens is 1. The maximum absolute atomic E-state index is 11.0. The van der Waals surface area contributed by atoms with Crippen LogP contribution in [0.25, 0.3) is 16.9 Å². The van der Waals surface area contributed by atoms with Crippen molar-refractivity contribution in [2.45, 2.75) is 26.7 Å². The smallest absolute Gasteiger partial charge is 0.303 e. The van der Waals surface area contributed by atoms with Gasteiger partial charge in [-0.25, -0.2) is 0 Å². The molecule has 3 aromatic rings. The molecule has 0 amide bonds. The Kier molecular flexibility index (Phi) is 4.95.